The Morgan fingerprint density at radius 2 is 1.78 bits per heavy atom. The van der Waals surface area contributed by atoms with E-state index in [9.17, 15) is 17.6 Å². The largest absolute Gasteiger partial charge is 0.378 e. The molecule has 0 saturated carbocycles. The lowest BCUT2D eigenvalue weighted by Gasteiger charge is -2.30. The molecule has 0 bridgehead atoms. The second kappa shape index (κ2) is 7.93. The summed E-state index contributed by atoms with van der Waals surface area (Å²) in [6.07, 6.45) is 0. The van der Waals surface area contributed by atoms with Crippen molar-refractivity contribution in [1.29, 1.82) is 0 Å². The van der Waals surface area contributed by atoms with E-state index in [0.717, 1.165) is 6.07 Å². The molecule has 27 heavy (non-hydrogen) atoms. The third-order valence-electron chi connectivity index (χ3n) is 4.04. The molecule has 0 aromatic heterocycles. The van der Waals surface area contributed by atoms with Gasteiger partial charge in [0.2, 0.25) is 5.91 Å². The van der Waals surface area contributed by atoms with E-state index >= 15 is 0 Å². The molecule has 2 aromatic carbocycles. The maximum absolute atomic E-state index is 13.7. The molecule has 0 radical (unpaired) electrons. The van der Waals surface area contributed by atoms with Gasteiger partial charge in [-0.2, -0.15) is 0 Å². The second-order valence-corrected chi connectivity index (χ2v) is 7.75. The normalized spacial score (nSPS) is 14.7. The van der Waals surface area contributed by atoms with Gasteiger partial charge in [-0.15, -0.1) is 0 Å². The van der Waals surface area contributed by atoms with Crippen molar-refractivity contribution in [2.75, 3.05) is 41.2 Å². The van der Waals surface area contributed by atoms with Crippen molar-refractivity contribution in [1.82, 2.24) is 0 Å². The van der Waals surface area contributed by atoms with Gasteiger partial charge in [0, 0.05) is 31.8 Å². The van der Waals surface area contributed by atoms with Crippen LogP contribution in [0.15, 0.2) is 47.4 Å². The molecule has 1 heterocycles. The summed E-state index contributed by atoms with van der Waals surface area (Å²) in [5, 5.41) is 2.57. The first-order chi connectivity index (χ1) is 12.8. The highest BCUT2D eigenvalue weighted by atomic mass is 32.2. The topological polar surface area (TPSA) is 87.7 Å². The molecular weight excluding hydrogens is 373 g/mol. The number of hydrogen-bond acceptors (Lipinski definition) is 5. The Morgan fingerprint density at radius 1 is 1.11 bits per heavy atom. The number of carbonyl (C=O) groups is 1. The zero-order valence-electron chi connectivity index (χ0n) is 14.7. The molecule has 0 spiro atoms. The molecule has 9 heteroatoms. The quantitative estimate of drug-likeness (QED) is 0.815. The van der Waals surface area contributed by atoms with E-state index in [-0.39, 0.29) is 16.5 Å². The molecule has 1 amide bonds. The van der Waals surface area contributed by atoms with Gasteiger partial charge in [0.15, 0.2) is 0 Å². The Morgan fingerprint density at radius 3 is 2.41 bits per heavy atom. The summed E-state index contributed by atoms with van der Waals surface area (Å²) < 4.78 is 47.0. The predicted octanol–water partition coefficient (Wildman–Crippen LogP) is 2.42. The van der Waals surface area contributed by atoms with Crippen LogP contribution in [-0.2, 0) is 19.6 Å². The van der Waals surface area contributed by atoms with Crippen LogP contribution in [0, 0.1) is 5.82 Å². The van der Waals surface area contributed by atoms with Crippen molar-refractivity contribution < 1.29 is 22.3 Å². The first kappa shape index (κ1) is 19.1. The maximum atomic E-state index is 13.7. The second-order valence-electron chi connectivity index (χ2n) is 6.07. The molecule has 1 aliphatic rings. The fraction of sp³-hybridized carbons (Fsp3) is 0.278. The minimum atomic E-state index is -3.92. The van der Waals surface area contributed by atoms with Crippen LogP contribution < -0.4 is 14.9 Å². The summed E-state index contributed by atoms with van der Waals surface area (Å²) in [4.78, 5) is 13.0. The molecule has 7 nitrogen and oxygen atoms in total. The van der Waals surface area contributed by atoms with Crippen LogP contribution in [0.25, 0.3) is 0 Å². The SMILES string of the molecule is CC(=O)Nc1ccc(S(=O)(=O)Nc2cc(F)ccc2N2CCOCC2)cc1. The molecule has 3 rings (SSSR count). The first-order valence-corrected chi connectivity index (χ1v) is 9.86. The minimum absolute atomic E-state index is 0.00814. The highest BCUT2D eigenvalue weighted by molar-refractivity contribution is 7.92. The summed E-state index contributed by atoms with van der Waals surface area (Å²) in [6.45, 7) is 3.59. The van der Waals surface area contributed by atoms with Crippen LogP contribution in [0.2, 0.25) is 0 Å². The predicted molar refractivity (Wildman–Crippen MR) is 101 cm³/mol. The number of benzene rings is 2. The van der Waals surface area contributed by atoms with E-state index in [0.29, 0.717) is 37.7 Å². The van der Waals surface area contributed by atoms with Crippen molar-refractivity contribution in [3.8, 4) is 0 Å². The van der Waals surface area contributed by atoms with Crippen LogP contribution in [0.1, 0.15) is 6.92 Å². The molecule has 0 aliphatic carbocycles. The van der Waals surface area contributed by atoms with Gasteiger partial charge in [0.05, 0.1) is 29.5 Å². The summed E-state index contributed by atoms with van der Waals surface area (Å²) in [5.74, 6) is -0.788. The third kappa shape index (κ3) is 4.75. The molecular formula is C18H20FN3O4S. The van der Waals surface area contributed by atoms with Crippen LogP contribution in [0.3, 0.4) is 0 Å². The number of anilines is 3. The zero-order valence-corrected chi connectivity index (χ0v) is 15.6. The average Bonchev–Trinajstić information content (AvgIpc) is 2.62. The lowest BCUT2D eigenvalue weighted by molar-refractivity contribution is -0.114. The number of rotatable bonds is 5. The van der Waals surface area contributed by atoms with E-state index in [2.05, 4.69) is 10.0 Å². The third-order valence-corrected chi connectivity index (χ3v) is 5.42. The molecule has 2 N–H and O–H groups in total. The number of halogens is 1. The summed E-state index contributed by atoms with van der Waals surface area (Å²) >= 11 is 0. The van der Waals surface area contributed by atoms with Crippen molar-refractivity contribution >= 4 is 33.0 Å². The van der Waals surface area contributed by atoms with Crippen LogP contribution in [0.5, 0.6) is 0 Å². The molecule has 0 unspecified atom stereocenters. The Labute approximate surface area is 157 Å². The number of carbonyl (C=O) groups excluding carboxylic acids is 1. The van der Waals surface area contributed by atoms with Gasteiger partial charge in [0.1, 0.15) is 5.82 Å². The monoisotopic (exact) mass is 393 g/mol. The van der Waals surface area contributed by atoms with Gasteiger partial charge in [-0.3, -0.25) is 9.52 Å². The average molecular weight is 393 g/mol. The minimum Gasteiger partial charge on any atom is -0.378 e. The Bertz CT molecular complexity index is 926. The Hall–Kier alpha value is -2.65. The van der Waals surface area contributed by atoms with Crippen molar-refractivity contribution in [3.63, 3.8) is 0 Å². The molecule has 1 saturated heterocycles. The number of sulfonamides is 1. The van der Waals surface area contributed by atoms with Gasteiger partial charge >= 0.3 is 0 Å². The molecule has 144 valence electrons. The standard InChI is InChI=1S/C18H20FN3O4S/c1-13(23)20-15-3-5-16(6-4-15)27(24,25)21-17-12-14(19)2-7-18(17)22-8-10-26-11-9-22/h2-7,12,21H,8-11H2,1H3,(H,20,23). The Balaban J connectivity index is 1.86. The van der Waals surface area contributed by atoms with E-state index in [1.165, 1.54) is 37.3 Å². The van der Waals surface area contributed by atoms with Crippen LogP contribution >= 0.6 is 0 Å². The lowest BCUT2D eigenvalue weighted by Crippen LogP contribution is -2.36. The van der Waals surface area contributed by atoms with Gasteiger partial charge in [-0.25, -0.2) is 12.8 Å². The maximum Gasteiger partial charge on any atom is 0.261 e. The lowest BCUT2D eigenvalue weighted by atomic mass is 10.2. The zero-order chi connectivity index (χ0) is 19.4. The summed E-state index contributed by atoms with van der Waals surface area (Å²) in [7, 11) is -3.92. The smallest absolute Gasteiger partial charge is 0.261 e. The summed E-state index contributed by atoms with van der Waals surface area (Å²) in [5.41, 5.74) is 1.25. The van der Waals surface area contributed by atoms with E-state index in [4.69, 9.17) is 4.74 Å². The molecule has 2 aromatic rings. The summed E-state index contributed by atoms with van der Waals surface area (Å²) in [6, 6.07) is 9.74. The highest BCUT2D eigenvalue weighted by Crippen LogP contribution is 2.30. The van der Waals surface area contributed by atoms with Crippen molar-refractivity contribution in [2.45, 2.75) is 11.8 Å². The van der Waals surface area contributed by atoms with E-state index in [1.807, 2.05) is 4.90 Å². The number of amides is 1. The van der Waals surface area contributed by atoms with Gasteiger partial charge in [-0.1, -0.05) is 0 Å². The van der Waals surface area contributed by atoms with Crippen LogP contribution in [0.4, 0.5) is 21.5 Å². The fourth-order valence-corrected chi connectivity index (χ4v) is 3.86. The van der Waals surface area contributed by atoms with Crippen molar-refractivity contribution in [3.05, 3.63) is 48.3 Å². The fourth-order valence-electron chi connectivity index (χ4n) is 2.79. The van der Waals surface area contributed by atoms with Gasteiger partial charge < -0.3 is 15.0 Å². The van der Waals surface area contributed by atoms with Gasteiger partial charge in [-0.05, 0) is 36.4 Å². The number of nitrogens with zero attached hydrogens (tertiary/aromatic N) is 1. The molecule has 0 atom stereocenters. The first-order valence-electron chi connectivity index (χ1n) is 8.38. The Kier molecular flexibility index (Phi) is 5.62. The van der Waals surface area contributed by atoms with E-state index in [1.54, 1.807) is 6.07 Å². The molecule has 1 aliphatic heterocycles. The number of morpholine rings is 1. The molecule has 1 fully saturated rings. The number of nitrogens with one attached hydrogen (secondary N) is 2. The number of hydrogen-bond donors (Lipinski definition) is 2. The van der Waals surface area contributed by atoms with E-state index < -0.39 is 15.8 Å². The van der Waals surface area contributed by atoms with Crippen molar-refractivity contribution in [2.24, 2.45) is 0 Å². The number of ether oxygens (including phenoxy) is 1. The highest BCUT2D eigenvalue weighted by Gasteiger charge is 2.20. The van der Waals surface area contributed by atoms with Crippen LogP contribution in [-0.4, -0.2) is 40.6 Å². The van der Waals surface area contributed by atoms with Gasteiger partial charge in [0.25, 0.3) is 10.0 Å².